The molecule has 1 aromatic rings. The predicted octanol–water partition coefficient (Wildman–Crippen LogP) is 2.82. The standard InChI is InChI=1S/C9H7.C2H7Si.Zr/c1-2-5-9-7-3-6-8(9)4-1;1-3-2;/h1-7H;3H,1-2H3;. The molecule has 0 nitrogen and oxygen atoms in total. The normalized spacial score (nSPS) is 19.2. The molecule has 0 bridgehead atoms. The molecule has 2 rings (SSSR count). The van der Waals surface area contributed by atoms with Crippen LogP contribution in [0.5, 0.6) is 0 Å². The first-order chi connectivity index (χ1) is 6.27. The van der Waals surface area contributed by atoms with Crippen molar-refractivity contribution < 1.29 is 22.4 Å². The zero-order chi connectivity index (χ0) is 9.26. The van der Waals surface area contributed by atoms with Gasteiger partial charge in [-0.25, -0.2) is 0 Å². The fourth-order valence-corrected chi connectivity index (χ4v) is 11.1. The molecule has 0 aromatic heterocycles. The third kappa shape index (κ3) is 2.11. The van der Waals surface area contributed by atoms with E-state index < -0.39 is 0 Å². The Morgan fingerprint density at radius 1 is 1.23 bits per heavy atom. The van der Waals surface area contributed by atoms with Gasteiger partial charge in [-0.15, -0.1) is 0 Å². The van der Waals surface area contributed by atoms with Crippen molar-refractivity contribution in [2.24, 2.45) is 0 Å². The van der Waals surface area contributed by atoms with Gasteiger partial charge in [-0.3, -0.25) is 0 Å². The number of fused-ring (bicyclic) bond motifs is 1. The second kappa shape index (κ2) is 4.06. The first-order valence-electron chi connectivity index (χ1n) is 4.80. The summed E-state index contributed by atoms with van der Waals surface area (Å²) in [5.41, 5.74) is 3.10. The van der Waals surface area contributed by atoms with Crippen molar-refractivity contribution in [2.45, 2.75) is 16.7 Å². The van der Waals surface area contributed by atoms with Gasteiger partial charge in [-0.05, 0) is 0 Å². The van der Waals surface area contributed by atoms with Gasteiger partial charge in [0, 0.05) is 0 Å². The van der Waals surface area contributed by atoms with Crippen LogP contribution in [0.15, 0.2) is 30.3 Å². The number of benzene rings is 1. The van der Waals surface area contributed by atoms with Crippen molar-refractivity contribution in [1.29, 1.82) is 0 Å². The van der Waals surface area contributed by atoms with E-state index in [1.165, 1.54) is 5.56 Å². The molecule has 1 unspecified atom stereocenters. The average molecular weight is 266 g/mol. The van der Waals surface area contributed by atoms with Crippen LogP contribution < -0.4 is 0 Å². The molecule has 0 heterocycles. The van der Waals surface area contributed by atoms with Gasteiger partial charge in [0.05, 0.1) is 0 Å². The second-order valence-electron chi connectivity index (χ2n) is 3.79. The molecule has 0 N–H and O–H groups in total. The molecule has 13 heavy (non-hydrogen) atoms. The van der Waals surface area contributed by atoms with Crippen molar-refractivity contribution >= 4 is 12.0 Å². The molecule has 1 aliphatic rings. The van der Waals surface area contributed by atoms with Gasteiger partial charge in [0.2, 0.25) is 0 Å². The first-order valence-corrected chi connectivity index (χ1v) is 13.4. The molecule has 1 aromatic carbocycles. The Kier molecular flexibility index (Phi) is 3.00. The summed E-state index contributed by atoms with van der Waals surface area (Å²) in [7, 11) is 0. The van der Waals surface area contributed by atoms with E-state index in [1.807, 2.05) is 0 Å². The molecule has 0 saturated carbocycles. The number of rotatable bonds is 2. The van der Waals surface area contributed by atoms with Crippen LogP contribution >= 0.6 is 0 Å². The Bertz CT molecular complexity index is 331. The summed E-state index contributed by atoms with van der Waals surface area (Å²) >= 11 is -0.113. The SMILES string of the molecule is C[SiH](C)[Zr][CH]1C=Cc2ccccc21. The third-order valence-electron chi connectivity index (χ3n) is 2.31. The fourth-order valence-electron chi connectivity index (χ4n) is 1.75. The van der Waals surface area contributed by atoms with E-state index in [1.54, 1.807) is 5.56 Å². The Hall–Kier alpha value is 0.0600. The van der Waals surface area contributed by atoms with Gasteiger partial charge in [-0.1, -0.05) is 0 Å². The summed E-state index contributed by atoms with van der Waals surface area (Å²) in [5.74, 6) is -0.264. The van der Waals surface area contributed by atoms with Crippen molar-refractivity contribution in [1.82, 2.24) is 0 Å². The minimum absolute atomic E-state index is 0.113. The van der Waals surface area contributed by atoms with Crippen molar-refractivity contribution in [3.63, 3.8) is 0 Å². The van der Waals surface area contributed by atoms with E-state index in [0.29, 0.717) is 0 Å². The molecule has 1 aliphatic carbocycles. The molecule has 0 saturated heterocycles. The predicted molar refractivity (Wildman–Crippen MR) is 57.1 cm³/mol. The summed E-state index contributed by atoms with van der Waals surface area (Å²) in [6.07, 6.45) is 4.77. The topological polar surface area (TPSA) is 0 Å². The molecule has 1 atom stereocenters. The minimum atomic E-state index is -0.264. The molecule has 0 fully saturated rings. The number of allylic oxidation sites excluding steroid dienone is 1. The van der Waals surface area contributed by atoms with Crippen LogP contribution in [0.3, 0.4) is 0 Å². The van der Waals surface area contributed by atoms with Gasteiger partial charge < -0.3 is 0 Å². The Morgan fingerprint density at radius 2 is 2.00 bits per heavy atom. The van der Waals surface area contributed by atoms with Crippen LogP contribution in [0.4, 0.5) is 0 Å². The molecule has 0 aliphatic heterocycles. The fraction of sp³-hybridized carbons (Fsp3) is 0.273. The molecule has 0 radical (unpaired) electrons. The van der Waals surface area contributed by atoms with Crippen LogP contribution in [0.25, 0.3) is 6.08 Å². The average Bonchev–Trinajstić information content (AvgIpc) is 2.48. The van der Waals surface area contributed by atoms with E-state index in [-0.39, 0.29) is 28.3 Å². The van der Waals surface area contributed by atoms with E-state index in [9.17, 15) is 0 Å². The van der Waals surface area contributed by atoms with E-state index >= 15 is 0 Å². The van der Waals surface area contributed by atoms with Gasteiger partial charge >= 0.3 is 92.6 Å². The number of hydrogen-bond donors (Lipinski definition) is 0. The van der Waals surface area contributed by atoms with Crippen LogP contribution in [-0.2, 0) is 22.4 Å². The molecular weight excluding hydrogens is 251 g/mol. The Morgan fingerprint density at radius 3 is 2.77 bits per heavy atom. The monoisotopic (exact) mass is 264 g/mol. The first kappa shape index (κ1) is 9.61. The molecule has 0 amide bonds. The van der Waals surface area contributed by atoms with Gasteiger partial charge in [0.1, 0.15) is 0 Å². The third-order valence-corrected chi connectivity index (χ3v) is 12.1. The van der Waals surface area contributed by atoms with E-state index in [0.717, 1.165) is 3.63 Å². The van der Waals surface area contributed by atoms with Crippen LogP contribution in [0.2, 0.25) is 13.1 Å². The van der Waals surface area contributed by atoms with Crippen LogP contribution in [0.1, 0.15) is 14.8 Å². The molecule has 0 spiro atoms. The van der Waals surface area contributed by atoms with E-state index in [2.05, 4.69) is 49.5 Å². The zero-order valence-electron chi connectivity index (χ0n) is 8.12. The Labute approximate surface area is 92.2 Å². The molecular formula is C11H14SiZr. The summed E-state index contributed by atoms with van der Waals surface area (Å²) < 4.78 is 0.895. The molecule has 2 heteroatoms. The summed E-state index contributed by atoms with van der Waals surface area (Å²) in [6.45, 7) is 5.00. The molecule has 66 valence electrons. The van der Waals surface area contributed by atoms with E-state index in [4.69, 9.17) is 0 Å². The van der Waals surface area contributed by atoms with Crippen LogP contribution in [-0.4, -0.2) is 5.92 Å². The van der Waals surface area contributed by atoms with Gasteiger partial charge in [0.25, 0.3) is 0 Å². The zero-order valence-corrected chi connectivity index (χ0v) is 11.7. The maximum atomic E-state index is 2.50. The summed E-state index contributed by atoms with van der Waals surface area (Å²) in [6, 6.07) is 8.88. The van der Waals surface area contributed by atoms with Gasteiger partial charge in [-0.2, -0.15) is 0 Å². The Balaban J connectivity index is 2.23. The number of hydrogen-bond acceptors (Lipinski definition) is 0. The quantitative estimate of drug-likeness (QED) is 0.722. The van der Waals surface area contributed by atoms with Crippen molar-refractivity contribution in [3.05, 3.63) is 41.5 Å². The maximum absolute atomic E-state index is 2.50. The summed E-state index contributed by atoms with van der Waals surface area (Å²) in [4.78, 5) is 0. The van der Waals surface area contributed by atoms with Crippen LogP contribution in [0, 0.1) is 0 Å². The van der Waals surface area contributed by atoms with Crippen molar-refractivity contribution in [3.8, 4) is 0 Å². The van der Waals surface area contributed by atoms with Gasteiger partial charge in [0.15, 0.2) is 0 Å². The summed E-state index contributed by atoms with van der Waals surface area (Å²) in [5, 5.41) is 0. The van der Waals surface area contributed by atoms with Crippen molar-refractivity contribution in [2.75, 3.05) is 0 Å². The second-order valence-corrected chi connectivity index (χ2v) is 18.9.